The van der Waals surface area contributed by atoms with Crippen molar-refractivity contribution in [2.24, 2.45) is 5.92 Å². The van der Waals surface area contributed by atoms with Crippen molar-refractivity contribution in [3.8, 4) is 0 Å². The van der Waals surface area contributed by atoms with Crippen LogP contribution in [0.2, 0.25) is 6.55 Å². The first kappa shape index (κ1) is 11.0. The Balaban J connectivity index is 2.03. The van der Waals surface area contributed by atoms with Gasteiger partial charge in [-0.05, 0) is 44.4 Å². The van der Waals surface area contributed by atoms with Crippen LogP contribution in [0, 0.1) is 5.92 Å². The van der Waals surface area contributed by atoms with Crippen molar-refractivity contribution in [3.05, 3.63) is 0 Å². The Kier molecular flexibility index (Phi) is 3.61. The molecule has 0 radical (unpaired) electrons. The van der Waals surface area contributed by atoms with Crippen LogP contribution in [-0.2, 0) is 4.74 Å². The van der Waals surface area contributed by atoms with Gasteiger partial charge in [0, 0.05) is 11.9 Å². The van der Waals surface area contributed by atoms with Crippen molar-refractivity contribution in [1.29, 1.82) is 0 Å². The maximum atomic E-state index is 6.17. The lowest BCUT2D eigenvalue weighted by atomic mass is 9.93. The Bertz CT molecular complexity index is 192. The maximum absolute atomic E-state index is 6.17. The number of thiol groups is 1. The van der Waals surface area contributed by atoms with E-state index in [1.807, 2.05) is 0 Å². The molecule has 1 nitrogen and oxygen atoms in total. The molecule has 0 spiro atoms. The summed E-state index contributed by atoms with van der Waals surface area (Å²) in [5.74, 6) is 0.849. The lowest BCUT2D eigenvalue weighted by Crippen LogP contribution is -2.47. The molecular weight excluding hydrogens is 208 g/mol. The zero-order valence-corrected chi connectivity index (χ0v) is 11.5. The Morgan fingerprint density at radius 3 is 2.71 bits per heavy atom. The van der Waals surface area contributed by atoms with Crippen LogP contribution in [0.4, 0.5) is 0 Å². The number of hydrogen-bond donors (Lipinski definition) is 1. The van der Waals surface area contributed by atoms with Gasteiger partial charge >= 0.3 is 0 Å². The summed E-state index contributed by atoms with van der Waals surface area (Å²) >= 11 is 4.61. The summed E-state index contributed by atoms with van der Waals surface area (Å²) < 4.78 is 6.17. The molecule has 1 saturated heterocycles. The van der Waals surface area contributed by atoms with Crippen molar-refractivity contribution >= 4 is 22.1 Å². The highest BCUT2D eigenvalue weighted by Gasteiger charge is 2.42. The van der Waals surface area contributed by atoms with E-state index < -0.39 is 0 Å². The van der Waals surface area contributed by atoms with Gasteiger partial charge in [0.25, 0.3) is 0 Å². The van der Waals surface area contributed by atoms with Crippen LogP contribution in [0.25, 0.3) is 0 Å². The third kappa shape index (κ3) is 2.05. The SMILES string of the molecule is C[SiH2]C1(C2CCC(S)C2)CCCCO1. The largest absolute Gasteiger partial charge is 0.379 e. The summed E-state index contributed by atoms with van der Waals surface area (Å²) in [6.07, 6.45) is 8.02. The van der Waals surface area contributed by atoms with Crippen molar-refractivity contribution in [3.63, 3.8) is 0 Å². The van der Waals surface area contributed by atoms with Gasteiger partial charge in [0.1, 0.15) is 0 Å². The molecule has 2 rings (SSSR count). The predicted molar refractivity (Wildman–Crippen MR) is 67.1 cm³/mol. The summed E-state index contributed by atoms with van der Waals surface area (Å²) in [5.41, 5.74) is 0. The van der Waals surface area contributed by atoms with Gasteiger partial charge in [0.15, 0.2) is 0 Å². The topological polar surface area (TPSA) is 9.23 Å². The van der Waals surface area contributed by atoms with Gasteiger partial charge in [-0.3, -0.25) is 0 Å². The van der Waals surface area contributed by atoms with Gasteiger partial charge in [-0.25, -0.2) is 0 Å². The zero-order valence-electron chi connectivity index (χ0n) is 9.17. The lowest BCUT2D eigenvalue weighted by Gasteiger charge is -2.41. The standard InChI is InChI=1S/C11H22OSSi/c1-14-11(6-2-3-7-12-11)9-4-5-10(13)8-9/h9-10,13H,2-8,14H2,1H3. The minimum Gasteiger partial charge on any atom is -0.379 e. The molecule has 14 heavy (non-hydrogen) atoms. The highest BCUT2D eigenvalue weighted by atomic mass is 32.1. The van der Waals surface area contributed by atoms with Crippen LogP contribution in [0.3, 0.4) is 0 Å². The molecule has 0 N–H and O–H groups in total. The molecule has 0 aromatic heterocycles. The van der Waals surface area contributed by atoms with E-state index in [2.05, 4.69) is 19.2 Å². The molecule has 1 aliphatic carbocycles. The highest BCUT2D eigenvalue weighted by molar-refractivity contribution is 7.80. The zero-order chi connectivity index (χ0) is 10.0. The van der Waals surface area contributed by atoms with Crippen molar-refractivity contribution in [2.75, 3.05) is 6.61 Å². The first-order valence-corrected chi connectivity index (χ1v) is 8.72. The van der Waals surface area contributed by atoms with E-state index in [9.17, 15) is 0 Å². The van der Waals surface area contributed by atoms with Crippen molar-refractivity contribution in [1.82, 2.24) is 0 Å². The predicted octanol–water partition coefficient (Wildman–Crippen LogP) is 2.20. The van der Waals surface area contributed by atoms with Gasteiger partial charge in [0.2, 0.25) is 0 Å². The Hall–Kier alpha value is 0.527. The molecular formula is C11H22OSSi. The molecule has 0 aromatic rings. The molecule has 0 aromatic carbocycles. The molecule has 82 valence electrons. The quantitative estimate of drug-likeness (QED) is 0.565. The van der Waals surface area contributed by atoms with Gasteiger partial charge in [-0.1, -0.05) is 6.55 Å². The smallest absolute Gasteiger partial charge is 0.0568 e. The number of hydrogen-bond acceptors (Lipinski definition) is 2. The molecule has 2 aliphatic rings. The van der Waals surface area contributed by atoms with E-state index in [4.69, 9.17) is 4.74 Å². The molecule has 3 unspecified atom stereocenters. The second-order valence-corrected chi connectivity index (χ2v) is 7.52. The second-order valence-electron chi connectivity index (χ2n) is 4.89. The monoisotopic (exact) mass is 230 g/mol. The highest BCUT2D eigenvalue weighted by Crippen LogP contribution is 2.42. The fourth-order valence-corrected chi connectivity index (χ4v) is 5.50. The Morgan fingerprint density at radius 2 is 2.21 bits per heavy atom. The maximum Gasteiger partial charge on any atom is 0.0568 e. The Morgan fingerprint density at radius 1 is 1.36 bits per heavy atom. The van der Waals surface area contributed by atoms with Gasteiger partial charge in [-0.2, -0.15) is 12.6 Å². The molecule has 3 heteroatoms. The van der Waals surface area contributed by atoms with E-state index in [1.54, 1.807) is 0 Å². The van der Waals surface area contributed by atoms with Gasteiger partial charge < -0.3 is 4.74 Å². The fourth-order valence-electron chi connectivity index (χ4n) is 3.20. The Labute approximate surface area is 95.2 Å². The van der Waals surface area contributed by atoms with Crippen LogP contribution in [0.5, 0.6) is 0 Å². The van der Waals surface area contributed by atoms with Crippen molar-refractivity contribution in [2.45, 2.75) is 55.5 Å². The van der Waals surface area contributed by atoms with E-state index in [0.29, 0.717) is 10.5 Å². The van der Waals surface area contributed by atoms with Crippen LogP contribution in [0.1, 0.15) is 38.5 Å². The lowest BCUT2D eigenvalue weighted by molar-refractivity contribution is -0.0562. The third-order valence-corrected chi connectivity index (χ3v) is 6.93. The first-order valence-electron chi connectivity index (χ1n) is 6.09. The molecule has 1 aliphatic heterocycles. The average Bonchev–Trinajstić information content (AvgIpc) is 2.66. The molecule has 1 saturated carbocycles. The number of ether oxygens (including phenoxy) is 1. The molecule has 0 amide bonds. The van der Waals surface area contributed by atoms with Crippen molar-refractivity contribution < 1.29 is 4.74 Å². The van der Waals surface area contributed by atoms with Gasteiger partial charge in [0.05, 0.1) is 14.7 Å². The van der Waals surface area contributed by atoms with E-state index in [0.717, 1.165) is 12.5 Å². The molecule has 2 fully saturated rings. The summed E-state index contributed by atoms with van der Waals surface area (Å²) in [4.78, 5) is 0. The van der Waals surface area contributed by atoms with Crippen LogP contribution < -0.4 is 0 Å². The average molecular weight is 230 g/mol. The first-order chi connectivity index (χ1) is 6.77. The summed E-state index contributed by atoms with van der Waals surface area (Å²) in [5, 5.41) is 1.03. The fraction of sp³-hybridized carbons (Fsp3) is 1.00. The van der Waals surface area contributed by atoms with E-state index in [-0.39, 0.29) is 9.52 Å². The molecule has 0 bridgehead atoms. The van der Waals surface area contributed by atoms with E-state index in [1.165, 1.54) is 38.5 Å². The number of rotatable bonds is 2. The minimum absolute atomic E-state index is 0.0469. The van der Waals surface area contributed by atoms with Crippen LogP contribution in [0.15, 0.2) is 0 Å². The van der Waals surface area contributed by atoms with Crippen LogP contribution in [-0.4, -0.2) is 26.6 Å². The minimum atomic E-state index is -0.0469. The molecule has 1 heterocycles. The van der Waals surface area contributed by atoms with Crippen LogP contribution >= 0.6 is 12.6 Å². The normalized spacial score (nSPS) is 45.0. The second kappa shape index (κ2) is 4.58. The summed E-state index contributed by atoms with van der Waals surface area (Å²) in [6.45, 7) is 3.45. The summed E-state index contributed by atoms with van der Waals surface area (Å²) in [7, 11) is -0.0469. The molecule has 3 atom stereocenters. The van der Waals surface area contributed by atoms with Gasteiger partial charge in [-0.15, -0.1) is 0 Å². The summed E-state index contributed by atoms with van der Waals surface area (Å²) in [6, 6.07) is 0. The van der Waals surface area contributed by atoms with E-state index >= 15 is 0 Å². The third-order valence-electron chi connectivity index (χ3n) is 4.13.